The van der Waals surface area contributed by atoms with Gasteiger partial charge in [0.2, 0.25) is 0 Å². The largest absolute Gasteiger partial charge is 0.389 e. The van der Waals surface area contributed by atoms with Crippen molar-refractivity contribution in [2.75, 3.05) is 0 Å². The molecular weight excluding hydrogens is 148 g/mol. The van der Waals surface area contributed by atoms with Crippen LogP contribution in [0, 0.1) is 0 Å². The maximum absolute atomic E-state index is 9.59. The Bertz CT molecular complexity index is 168. The van der Waals surface area contributed by atoms with Gasteiger partial charge in [0.15, 0.2) is 0 Å². The van der Waals surface area contributed by atoms with Crippen molar-refractivity contribution in [1.29, 1.82) is 0 Å². The SMILES string of the molecule is C=C(C)CCC(O)C(C)=CCC. The van der Waals surface area contributed by atoms with Crippen LogP contribution in [-0.4, -0.2) is 11.2 Å². The Morgan fingerprint density at radius 3 is 2.50 bits per heavy atom. The van der Waals surface area contributed by atoms with Crippen molar-refractivity contribution in [1.82, 2.24) is 0 Å². The summed E-state index contributed by atoms with van der Waals surface area (Å²) in [5, 5.41) is 9.59. The third-order valence-corrected chi connectivity index (χ3v) is 1.90. The van der Waals surface area contributed by atoms with Gasteiger partial charge in [-0.1, -0.05) is 18.6 Å². The Morgan fingerprint density at radius 1 is 1.50 bits per heavy atom. The highest BCUT2D eigenvalue weighted by molar-refractivity contribution is 5.05. The van der Waals surface area contributed by atoms with Gasteiger partial charge in [-0.15, -0.1) is 6.58 Å². The summed E-state index contributed by atoms with van der Waals surface area (Å²) in [6.07, 6.45) is 4.51. The average Bonchev–Trinajstić information content (AvgIpc) is 2.00. The monoisotopic (exact) mass is 168 g/mol. The van der Waals surface area contributed by atoms with E-state index in [1.807, 2.05) is 13.8 Å². The Hall–Kier alpha value is -0.560. The van der Waals surface area contributed by atoms with E-state index in [1.165, 1.54) is 0 Å². The zero-order valence-electron chi connectivity index (χ0n) is 8.43. The highest BCUT2D eigenvalue weighted by Gasteiger charge is 2.04. The topological polar surface area (TPSA) is 20.2 Å². The van der Waals surface area contributed by atoms with Gasteiger partial charge in [0.05, 0.1) is 6.10 Å². The van der Waals surface area contributed by atoms with Crippen LogP contribution in [-0.2, 0) is 0 Å². The van der Waals surface area contributed by atoms with E-state index in [9.17, 15) is 5.11 Å². The van der Waals surface area contributed by atoms with Crippen molar-refractivity contribution in [3.8, 4) is 0 Å². The second kappa shape index (κ2) is 6.01. The summed E-state index contributed by atoms with van der Waals surface area (Å²) in [6, 6.07) is 0. The van der Waals surface area contributed by atoms with E-state index in [0.29, 0.717) is 0 Å². The second-order valence-electron chi connectivity index (χ2n) is 3.37. The number of allylic oxidation sites excluding steroid dienone is 2. The molecule has 1 unspecified atom stereocenters. The Labute approximate surface area is 75.8 Å². The molecule has 0 spiro atoms. The smallest absolute Gasteiger partial charge is 0.0750 e. The fraction of sp³-hybridized carbons (Fsp3) is 0.636. The van der Waals surface area contributed by atoms with Crippen LogP contribution >= 0.6 is 0 Å². The molecule has 0 aliphatic heterocycles. The highest BCUT2D eigenvalue weighted by Crippen LogP contribution is 2.11. The summed E-state index contributed by atoms with van der Waals surface area (Å²) in [4.78, 5) is 0. The van der Waals surface area contributed by atoms with Gasteiger partial charge < -0.3 is 5.11 Å². The number of hydrogen-bond donors (Lipinski definition) is 1. The van der Waals surface area contributed by atoms with Gasteiger partial charge in [0, 0.05) is 0 Å². The molecule has 0 aromatic carbocycles. The fourth-order valence-corrected chi connectivity index (χ4v) is 1.07. The van der Waals surface area contributed by atoms with Crippen molar-refractivity contribution < 1.29 is 5.11 Å². The molecule has 0 rings (SSSR count). The molecule has 0 aromatic rings. The molecule has 1 atom stereocenters. The van der Waals surface area contributed by atoms with Gasteiger partial charge in [-0.05, 0) is 38.7 Å². The molecular formula is C11H20O. The third kappa shape index (κ3) is 5.14. The summed E-state index contributed by atoms with van der Waals surface area (Å²) in [5.41, 5.74) is 2.22. The molecule has 70 valence electrons. The maximum atomic E-state index is 9.59. The minimum absolute atomic E-state index is 0.276. The predicted molar refractivity (Wildman–Crippen MR) is 54.1 cm³/mol. The summed E-state index contributed by atoms with van der Waals surface area (Å²) in [5.74, 6) is 0. The van der Waals surface area contributed by atoms with Crippen molar-refractivity contribution in [2.24, 2.45) is 0 Å². The zero-order chi connectivity index (χ0) is 9.56. The summed E-state index contributed by atoms with van der Waals surface area (Å²) in [7, 11) is 0. The second-order valence-corrected chi connectivity index (χ2v) is 3.37. The van der Waals surface area contributed by atoms with E-state index < -0.39 is 0 Å². The molecule has 12 heavy (non-hydrogen) atoms. The van der Waals surface area contributed by atoms with Crippen molar-refractivity contribution in [3.05, 3.63) is 23.8 Å². The Kier molecular flexibility index (Phi) is 5.73. The van der Waals surface area contributed by atoms with Gasteiger partial charge in [-0.25, -0.2) is 0 Å². The van der Waals surface area contributed by atoms with Crippen LogP contribution in [0.4, 0.5) is 0 Å². The molecule has 0 saturated carbocycles. The van der Waals surface area contributed by atoms with E-state index in [0.717, 1.165) is 30.4 Å². The number of hydrogen-bond acceptors (Lipinski definition) is 1. The number of aliphatic hydroxyl groups is 1. The lowest BCUT2D eigenvalue weighted by atomic mass is 10.0. The van der Waals surface area contributed by atoms with E-state index in [-0.39, 0.29) is 6.10 Å². The molecule has 0 heterocycles. The molecule has 0 fully saturated rings. The predicted octanol–water partition coefficient (Wildman–Crippen LogP) is 3.06. The average molecular weight is 168 g/mol. The zero-order valence-corrected chi connectivity index (χ0v) is 8.43. The molecule has 0 radical (unpaired) electrons. The van der Waals surface area contributed by atoms with Crippen molar-refractivity contribution in [2.45, 2.75) is 46.1 Å². The molecule has 0 saturated heterocycles. The van der Waals surface area contributed by atoms with E-state index >= 15 is 0 Å². The first-order chi connectivity index (χ1) is 5.57. The van der Waals surface area contributed by atoms with Crippen LogP contribution in [0.3, 0.4) is 0 Å². The van der Waals surface area contributed by atoms with E-state index in [4.69, 9.17) is 0 Å². The summed E-state index contributed by atoms with van der Waals surface area (Å²) < 4.78 is 0. The first-order valence-electron chi connectivity index (χ1n) is 4.57. The molecule has 0 aromatic heterocycles. The molecule has 1 nitrogen and oxygen atoms in total. The van der Waals surface area contributed by atoms with Crippen LogP contribution in [0.5, 0.6) is 0 Å². The molecule has 1 heteroatoms. The van der Waals surface area contributed by atoms with Crippen LogP contribution < -0.4 is 0 Å². The lowest BCUT2D eigenvalue weighted by Gasteiger charge is -2.10. The van der Waals surface area contributed by atoms with Gasteiger partial charge in [-0.3, -0.25) is 0 Å². The maximum Gasteiger partial charge on any atom is 0.0750 e. The van der Waals surface area contributed by atoms with Crippen LogP contribution in [0.15, 0.2) is 23.8 Å². The first-order valence-corrected chi connectivity index (χ1v) is 4.57. The normalized spacial score (nSPS) is 14.5. The van der Waals surface area contributed by atoms with Gasteiger partial charge >= 0.3 is 0 Å². The van der Waals surface area contributed by atoms with Gasteiger partial charge in [0.25, 0.3) is 0 Å². The lowest BCUT2D eigenvalue weighted by molar-refractivity contribution is 0.200. The summed E-state index contributed by atoms with van der Waals surface area (Å²) >= 11 is 0. The molecule has 0 aliphatic rings. The third-order valence-electron chi connectivity index (χ3n) is 1.90. The van der Waals surface area contributed by atoms with Crippen LogP contribution in [0.1, 0.15) is 40.0 Å². The van der Waals surface area contributed by atoms with E-state index in [2.05, 4.69) is 19.6 Å². The Morgan fingerprint density at radius 2 is 2.08 bits per heavy atom. The molecule has 0 amide bonds. The van der Waals surface area contributed by atoms with Crippen LogP contribution in [0.25, 0.3) is 0 Å². The quantitative estimate of drug-likeness (QED) is 0.625. The van der Waals surface area contributed by atoms with E-state index in [1.54, 1.807) is 0 Å². The summed E-state index contributed by atoms with van der Waals surface area (Å²) in [6.45, 7) is 9.85. The molecule has 0 bridgehead atoms. The lowest BCUT2D eigenvalue weighted by Crippen LogP contribution is -2.07. The minimum Gasteiger partial charge on any atom is -0.389 e. The fourth-order valence-electron chi connectivity index (χ4n) is 1.07. The standard InChI is InChI=1S/C11H20O/c1-5-6-10(4)11(12)8-7-9(2)3/h6,11-12H,2,5,7-8H2,1,3-4H3. The number of aliphatic hydroxyl groups excluding tert-OH is 1. The van der Waals surface area contributed by atoms with Crippen LogP contribution in [0.2, 0.25) is 0 Å². The van der Waals surface area contributed by atoms with Gasteiger partial charge in [0.1, 0.15) is 0 Å². The molecule has 0 aliphatic carbocycles. The number of rotatable bonds is 5. The minimum atomic E-state index is -0.276. The van der Waals surface area contributed by atoms with Crippen molar-refractivity contribution >= 4 is 0 Å². The molecule has 1 N–H and O–H groups in total. The Balaban J connectivity index is 3.78. The van der Waals surface area contributed by atoms with Gasteiger partial charge in [-0.2, -0.15) is 0 Å². The first kappa shape index (κ1) is 11.4. The van der Waals surface area contributed by atoms with Crippen molar-refractivity contribution in [3.63, 3.8) is 0 Å². The highest BCUT2D eigenvalue weighted by atomic mass is 16.3.